The zero-order valence-electron chi connectivity index (χ0n) is 14.9. The first-order chi connectivity index (χ1) is 13.2. The van der Waals surface area contributed by atoms with Crippen LogP contribution in [0.2, 0.25) is 0 Å². The Morgan fingerprint density at radius 1 is 0.963 bits per heavy atom. The summed E-state index contributed by atoms with van der Waals surface area (Å²) in [6.45, 7) is 0.652. The Morgan fingerprint density at radius 3 is 2.52 bits per heavy atom. The van der Waals surface area contributed by atoms with E-state index < -0.39 is 0 Å². The summed E-state index contributed by atoms with van der Waals surface area (Å²) >= 11 is 2.25. The number of benzene rings is 1. The maximum atomic E-state index is 5.22. The lowest BCUT2D eigenvalue weighted by molar-refractivity contribution is 0.398. The third-order valence-corrected chi connectivity index (χ3v) is 5.11. The van der Waals surface area contributed by atoms with Gasteiger partial charge in [-0.3, -0.25) is 0 Å². The van der Waals surface area contributed by atoms with Crippen LogP contribution in [0.5, 0.6) is 11.6 Å². The molecule has 0 aliphatic rings. The molecule has 1 aromatic carbocycles. The number of nitrogens with zero attached hydrogens (tertiary/aromatic N) is 4. The van der Waals surface area contributed by atoms with Crippen LogP contribution in [0.25, 0.3) is 22.2 Å². The van der Waals surface area contributed by atoms with E-state index in [0.717, 1.165) is 37.2 Å². The minimum atomic E-state index is 0.581. The normalized spacial score (nSPS) is 10.9. The minimum absolute atomic E-state index is 0.581. The summed E-state index contributed by atoms with van der Waals surface area (Å²) in [5.74, 6) is 1.42. The molecular weight excluding hydrogens is 455 g/mol. The van der Waals surface area contributed by atoms with Crippen molar-refractivity contribution in [3.63, 3.8) is 0 Å². The van der Waals surface area contributed by atoms with Gasteiger partial charge in [0, 0.05) is 24.0 Å². The van der Waals surface area contributed by atoms with Gasteiger partial charge in [0.15, 0.2) is 5.65 Å². The molecule has 0 unspecified atom stereocenters. The van der Waals surface area contributed by atoms with Crippen LogP contribution in [-0.4, -0.2) is 34.0 Å². The number of hydrogen-bond donors (Lipinski definition) is 0. The van der Waals surface area contributed by atoms with Crippen LogP contribution in [-0.2, 0) is 6.54 Å². The molecule has 7 heteroatoms. The van der Waals surface area contributed by atoms with Gasteiger partial charge in [-0.2, -0.15) is 5.10 Å². The van der Waals surface area contributed by atoms with Gasteiger partial charge in [0.1, 0.15) is 9.45 Å². The van der Waals surface area contributed by atoms with Gasteiger partial charge in [-0.25, -0.2) is 14.6 Å². The molecule has 4 aromatic rings. The van der Waals surface area contributed by atoms with Crippen LogP contribution >= 0.6 is 22.6 Å². The number of aromatic nitrogens is 4. The average molecular weight is 472 g/mol. The maximum absolute atomic E-state index is 5.22. The monoisotopic (exact) mass is 472 g/mol. The molecule has 6 nitrogen and oxygen atoms in total. The first-order valence-corrected chi connectivity index (χ1v) is 9.41. The topological polar surface area (TPSA) is 62.1 Å². The van der Waals surface area contributed by atoms with E-state index in [9.17, 15) is 0 Å². The Morgan fingerprint density at radius 2 is 1.78 bits per heavy atom. The molecule has 0 bridgehead atoms. The van der Waals surface area contributed by atoms with Crippen molar-refractivity contribution in [2.45, 2.75) is 6.54 Å². The molecule has 0 aliphatic heterocycles. The summed E-state index contributed by atoms with van der Waals surface area (Å²) in [6.07, 6.45) is 3.59. The molecule has 0 radical (unpaired) electrons. The molecule has 0 atom stereocenters. The van der Waals surface area contributed by atoms with Gasteiger partial charge in [-0.15, -0.1) is 0 Å². The number of methoxy groups -OCH3 is 2. The first-order valence-electron chi connectivity index (χ1n) is 8.33. The number of pyridine rings is 2. The predicted octanol–water partition coefficient (Wildman–Crippen LogP) is 4.16. The number of fused-ring (bicyclic) bond motifs is 1. The van der Waals surface area contributed by atoms with Gasteiger partial charge in [0.05, 0.1) is 26.2 Å². The number of rotatable bonds is 5. The summed E-state index contributed by atoms with van der Waals surface area (Å²) in [7, 11) is 3.28. The molecule has 0 saturated heterocycles. The second-order valence-electron chi connectivity index (χ2n) is 5.98. The molecule has 0 amide bonds. The van der Waals surface area contributed by atoms with Crippen LogP contribution in [0.3, 0.4) is 0 Å². The fourth-order valence-corrected chi connectivity index (χ4v) is 3.55. The van der Waals surface area contributed by atoms with Gasteiger partial charge < -0.3 is 9.47 Å². The number of halogens is 1. The van der Waals surface area contributed by atoms with E-state index in [1.165, 1.54) is 0 Å². The van der Waals surface area contributed by atoms with Crippen molar-refractivity contribution in [1.29, 1.82) is 0 Å². The molecule has 0 spiro atoms. The zero-order valence-corrected chi connectivity index (χ0v) is 17.0. The highest BCUT2D eigenvalue weighted by atomic mass is 127. The fourth-order valence-electron chi connectivity index (χ4n) is 2.89. The summed E-state index contributed by atoms with van der Waals surface area (Å²) < 4.78 is 13.3. The SMILES string of the molecule is COc1ccc(Cn2nc(I)c3cc(-c4ccnc(OC)c4)cnc32)cc1. The molecule has 3 aromatic heterocycles. The summed E-state index contributed by atoms with van der Waals surface area (Å²) in [5, 5.41) is 5.69. The largest absolute Gasteiger partial charge is 0.497 e. The van der Waals surface area contributed by atoms with Crippen molar-refractivity contribution in [2.24, 2.45) is 0 Å². The maximum Gasteiger partial charge on any atom is 0.213 e. The fraction of sp³-hybridized carbons (Fsp3) is 0.150. The summed E-state index contributed by atoms with van der Waals surface area (Å²) in [4.78, 5) is 8.83. The van der Waals surface area contributed by atoms with Crippen LogP contribution in [0.15, 0.2) is 54.9 Å². The summed E-state index contributed by atoms with van der Waals surface area (Å²) in [5.41, 5.74) is 4.02. The van der Waals surface area contributed by atoms with Gasteiger partial charge >= 0.3 is 0 Å². The lowest BCUT2D eigenvalue weighted by atomic mass is 10.1. The lowest BCUT2D eigenvalue weighted by Crippen LogP contribution is -2.03. The predicted molar refractivity (Wildman–Crippen MR) is 112 cm³/mol. The number of ether oxygens (including phenoxy) is 2. The molecule has 0 fully saturated rings. The number of hydrogen-bond acceptors (Lipinski definition) is 5. The van der Waals surface area contributed by atoms with Crippen molar-refractivity contribution in [1.82, 2.24) is 19.7 Å². The van der Waals surface area contributed by atoms with Gasteiger partial charge in [-0.05, 0) is 58.0 Å². The molecule has 27 heavy (non-hydrogen) atoms. The molecule has 4 rings (SSSR count). The molecule has 136 valence electrons. The highest BCUT2D eigenvalue weighted by molar-refractivity contribution is 14.1. The molecule has 0 aliphatic carbocycles. The average Bonchev–Trinajstić information content (AvgIpc) is 3.03. The quantitative estimate of drug-likeness (QED) is 0.409. The van der Waals surface area contributed by atoms with Gasteiger partial charge in [0.25, 0.3) is 0 Å². The molecule has 0 saturated carbocycles. The second kappa shape index (κ2) is 7.51. The van der Waals surface area contributed by atoms with E-state index >= 15 is 0 Å². The third kappa shape index (κ3) is 3.59. The van der Waals surface area contributed by atoms with Crippen molar-refractivity contribution < 1.29 is 9.47 Å². The highest BCUT2D eigenvalue weighted by Gasteiger charge is 2.12. The van der Waals surface area contributed by atoms with Crippen LogP contribution in [0.1, 0.15) is 5.56 Å². The van der Waals surface area contributed by atoms with E-state index in [4.69, 9.17) is 9.47 Å². The highest BCUT2D eigenvalue weighted by Crippen LogP contribution is 2.27. The van der Waals surface area contributed by atoms with Crippen LogP contribution in [0, 0.1) is 3.70 Å². The van der Waals surface area contributed by atoms with Gasteiger partial charge in [-0.1, -0.05) is 12.1 Å². The Labute approximate surface area is 170 Å². The molecular formula is C20H17IN4O2. The lowest BCUT2D eigenvalue weighted by Gasteiger charge is -2.06. The van der Waals surface area contributed by atoms with Crippen molar-refractivity contribution in [3.8, 4) is 22.8 Å². The Kier molecular flexibility index (Phi) is 4.93. The molecule has 3 heterocycles. The molecule has 0 N–H and O–H groups in total. The van der Waals surface area contributed by atoms with Crippen molar-refractivity contribution >= 4 is 33.6 Å². The summed E-state index contributed by atoms with van der Waals surface area (Å²) in [6, 6.07) is 13.9. The third-order valence-electron chi connectivity index (χ3n) is 4.31. The standard InChI is InChI=1S/C20H17IN4O2/c1-26-16-5-3-13(4-6-16)12-25-20-17(19(21)24-25)9-15(11-23-20)14-7-8-22-18(10-14)27-2/h3-11H,12H2,1-2H3. The minimum Gasteiger partial charge on any atom is -0.497 e. The van der Waals surface area contributed by atoms with E-state index in [1.807, 2.05) is 47.3 Å². The second-order valence-corrected chi connectivity index (χ2v) is 7.00. The van der Waals surface area contributed by atoms with Crippen molar-refractivity contribution in [3.05, 3.63) is 64.1 Å². The van der Waals surface area contributed by atoms with Crippen molar-refractivity contribution in [2.75, 3.05) is 14.2 Å². The first kappa shape index (κ1) is 17.7. The van der Waals surface area contributed by atoms with Crippen LogP contribution < -0.4 is 9.47 Å². The van der Waals surface area contributed by atoms with E-state index in [1.54, 1.807) is 20.4 Å². The Bertz CT molecular complexity index is 1090. The van der Waals surface area contributed by atoms with E-state index in [2.05, 4.69) is 43.7 Å². The van der Waals surface area contributed by atoms with Gasteiger partial charge in [0.2, 0.25) is 5.88 Å². The van der Waals surface area contributed by atoms with E-state index in [0.29, 0.717) is 12.4 Å². The smallest absolute Gasteiger partial charge is 0.213 e. The zero-order chi connectivity index (χ0) is 18.8. The van der Waals surface area contributed by atoms with Crippen LogP contribution in [0.4, 0.5) is 0 Å². The Hall–Kier alpha value is -2.68. The Balaban J connectivity index is 1.70. The van der Waals surface area contributed by atoms with E-state index in [-0.39, 0.29) is 0 Å².